The first-order valence-corrected chi connectivity index (χ1v) is 17.8. The Morgan fingerprint density at radius 1 is 0.736 bits per heavy atom. The molecule has 0 radical (unpaired) electrons. The Labute approximate surface area is 311 Å². The van der Waals surface area contributed by atoms with Crippen molar-refractivity contribution in [2.45, 2.75) is 65.4 Å². The Hall–Kier alpha value is -5.65. The van der Waals surface area contributed by atoms with Crippen LogP contribution in [0.3, 0.4) is 0 Å². The van der Waals surface area contributed by atoms with Crippen LogP contribution in [0, 0.1) is 13.8 Å². The van der Waals surface area contributed by atoms with E-state index in [0.717, 1.165) is 57.0 Å². The van der Waals surface area contributed by atoms with Crippen molar-refractivity contribution in [2.75, 3.05) is 20.8 Å². The zero-order valence-corrected chi connectivity index (χ0v) is 31.1. The van der Waals surface area contributed by atoms with Crippen molar-refractivity contribution >= 4 is 11.9 Å². The lowest BCUT2D eigenvalue weighted by Gasteiger charge is -2.18. The van der Waals surface area contributed by atoms with E-state index in [1.807, 2.05) is 74.5 Å². The standard InChI is InChI=1S/C42H50N6O5/c1-28(43-27-37(49)36-16-18-40(44-26-36)48-29(2)9-10-30(48)3)19-33-7-6-8-34(20-33)22-41(50)45-23-31-11-13-32(14-12-31)24-46-42(51)47-25-35-15-17-38(52-4)39(21-35)53-5/h6-18,20-21,26,28,37,43,49H,19,22-25,27H2,1-5H3,(H,45,50)(H2,46,47,51)/t28-,37?/m1/s1. The van der Waals surface area contributed by atoms with Gasteiger partial charge in [0.25, 0.3) is 0 Å². The first-order valence-electron chi connectivity index (χ1n) is 17.8. The number of aromatic nitrogens is 2. The van der Waals surface area contributed by atoms with Crippen LogP contribution >= 0.6 is 0 Å². The van der Waals surface area contributed by atoms with Crippen molar-refractivity contribution in [1.29, 1.82) is 0 Å². The molecule has 0 saturated carbocycles. The van der Waals surface area contributed by atoms with E-state index >= 15 is 0 Å². The first-order chi connectivity index (χ1) is 25.6. The van der Waals surface area contributed by atoms with Crippen LogP contribution in [0.5, 0.6) is 11.5 Å². The molecule has 0 bridgehead atoms. The second-order valence-corrected chi connectivity index (χ2v) is 13.2. The predicted octanol–water partition coefficient (Wildman–Crippen LogP) is 5.62. The van der Waals surface area contributed by atoms with Gasteiger partial charge in [0.15, 0.2) is 11.5 Å². The minimum Gasteiger partial charge on any atom is -0.493 e. The maximum absolute atomic E-state index is 12.8. The molecule has 0 aliphatic heterocycles. The quantitative estimate of drug-likeness (QED) is 0.0842. The number of rotatable bonds is 17. The highest BCUT2D eigenvalue weighted by atomic mass is 16.5. The lowest BCUT2D eigenvalue weighted by atomic mass is 10.0. The summed E-state index contributed by atoms with van der Waals surface area (Å²) in [5, 5.41) is 23.0. The largest absolute Gasteiger partial charge is 0.493 e. The Balaban J connectivity index is 0.999. The summed E-state index contributed by atoms with van der Waals surface area (Å²) >= 11 is 0. The number of benzene rings is 3. The SMILES string of the molecule is COc1ccc(CNC(=O)NCc2ccc(CNC(=O)Cc3cccc(C[C@@H](C)NCC(O)c4ccc(-n5c(C)ccc5C)nc4)c3)cc2)cc1OC. The zero-order chi connectivity index (χ0) is 37.7. The Morgan fingerprint density at radius 2 is 1.36 bits per heavy atom. The van der Waals surface area contributed by atoms with E-state index in [1.54, 1.807) is 26.5 Å². The van der Waals surface area contributed by atoms with Crippen LogP contribution < -0.4 is 30.7 Å². The Kier molecular flexibility index (Phi) is 13.6. The van der Waals surface area contributed by atoms with Crippen LogP contribution in [0.4, 0.5) is 4.79 Å². The third-order valence-electron chi connectivity index (χ3n) is 9.08. The summed E-state index contributed by atoms with van der Waals surface area (Å²) in [5.74, 6) is 2.02. The molecule has 0 spiro atoms. The number of aliphatic hydroxyl groups is 1. The van der Waals surface area contributed by atoms with Gasteiger partial charge in [-0.3, -0.25) is 4.79 Å². The van der Waals surface area contributed by atoms with Crippen molar-refractivity contribution in [3.63, 3.8) is 0 Å². The molecule has 11 heteroatoms. The molecule has 2 aromatic heterocycles. The molecule has 3 aromatic carbocycles. The third-order valence-corrected chi connectivity index (χ3v) is 9.08. The van der Waals surface area contributed by atoms with Crippen molar-refractivity contribution < 1.29 is 24.2 Å². The highest BCUT2D eigenvalue weighted by molar-refractivity contribution is 5.78. The van der Waals surface area contributed by atoms with Crippen LogP contribution in [0.1, 0.15) is 57.8 Å². The van der Waals surface area contributed by atoms with Gasteiger partial charge in [0.05, 0.1) is 26.7 Å². The number of nitrogens with zero attached hydrogens (tertiary/aromatic N) is 2. The molecule has 5 rings (SSSR count). The maximum Gasteiger partial charge on any atom is 0.315 e. The molecule has 0 fully saturated rings. The monoisotopic (exact) mass is 718 g/mol. The van der Waals surface area contributed by atoms with Gasteiger partial charge in [-0.05, 0) is 85.3 Å². The summed E-state index contributed by atoms with van der Waals surface area (Å²) < 4.78 is 12.7. The number of methoxy groups -OCH3 is 2. The number of aliphatic hydroxyl groups excluding tert-OH is 1. The smallest absolute Gasteiger partial charge is 0.315 e. The Morgan fingerprint density at radius 3 is 2.00 bits per heavy atom. The van der Waals surface area contributed by atoms with Crippen LogP contribution in [-0.4, -0.2) is 53.4 Å². The van der Waals surface area contributed by atoms with E-state index in [0.29, 0.717) is 37.7 Å². The molecule has 1 unspecified atom stereocenters. The molecular weight excluding hydrogens is 668 g/mol. The van der Waals surface area contributed by atoms with Gasteiger partial charge in [-0.15, -0.1) is 0 Å². The molecule has 0 aliphatic carbocycles. The Bertz CT molecular complexity index is 1940. The summed E-state index contributed by atoms with van der Waals surface area (Å²) in [6.45, 7) is 7.71. The number of hydrogen-bond acceptors (Lipinski definition) is 7. The summed E-state index contributed by atoms with van der Waals surface area (Å²) in [6, 6.07) is 29.2. The van der Waals surface area contributed by atoms with Gasteiger partial charge in [-0.1, -0.05) is 60.7 Å². The summed E-state index contributed by atoms with van der Waals surface area (Å²) in [7, 11) is 3.15. The minimum atomic E-state index is -0.678. The van der Waals surface area contributed by atoms with Crippen molar-refractivity contribution in [2.24, 2.45) is 0 Å². The van der Waals surface area contributed by atoms with E-state index in [-0.39, 0.29) is 24.4 Å². The molecular formula is C42H50N6O5. The van der Waals surface area contributed by atoms with Gasteiger partial charge < -0.3 is 40.4 Å². The second kappa shape index (κ2) is 18.7. The molecule has 2 heterocycles. The molecule has 0 saturated heterocycles. The van der Waals surface area contributed by atoms with Crippen LogP contribution in [0.15, 0.2) is 97.2 Å². The fourth-order valence-corrected chi connectivity index (χ4v) is 6.12. The molecule has 53 heavy (non-hydrogen) atoms. The molecule has 3 amide bonds. The maximum atomic E-state index is 12.8. The summed E-state index contributed by atoms with van der Waals surface area (Å²) in [5.41, 5.74) is 7.86. The fraction of sp³-hybridized carbons (Fsp3) is 0.310. The number of carbonyl (C=O) groups excluding carboxylic acids is 2. The minimum absolute atomic E-state index is 0.0601. The third kappa shape index (κ3) is 11.2. The molecule has 11 nitrogen and oxygen atoms in total. The average molecular weight is 719 g/mol. The topological polar surface area (TPSA) is 139 Å². The van der Waals surface area contributed by atoms with E-state index in [4.69, 9.17) is 9.47 Å². The van der Waals surface area contributed by atoms with Crippen LogP contribution in [-0.2, 0) is 37.3 Å². The molecule has 2 atom stereocenters. The predicted molar refractivity (Wildman–Crippen MR) is 206 cm³/mol. The fourth-order valence-electron chi connectivity index (χ4n) is 6.12. The van der Waals surface area contributed by atoms with Crippen LogP contribution in [0.2, 0.25) is 0 Å². The number of hydrogen-bond donors (Lipinski definition) is 5. The first kappa shape index (κ1) is 38.6. The summed E-state index contributed by atoms with van der Waals surface area (Å²) in [4.78, 5) is 29.7. The van der Waals surface area contributed by atoms with Gasteiger partial charge in [-0.25, -0.2) is 9.78 Å². The molecule has 278 valence electrons. The lowest BCUT2D eigenvalue weighted by Crippen LogP contribution is -2.34. The van der Waals surface area contributed by atoms with Gasteiger partial charge in [-0.2, -0.15) is 0 Å². The van der Waals surface area contributed by atoms with E-state index < -0.39 is 6.10 Å². The molecule has 0 aliphatic rings. The van der Waals surface area contributed by atoms with Crippen LogP contribution in [0.25, 0.3) is 5.82 Å². The number of ether oxygens (including phenoxy) is 2. The number of aryl methyl sites for hydroxylation is 2. The van der Waals surface area contributed by atoms with Gasteiger partial charge in [0.2, 0.25) is 5.91 Å². The highest BCUT2D eigenvalue weighted by Gasteiger charge is 2.13. The summed E-state index contributed by atoms with van der Waals surface area (Å²) in [6.07, 6.45) is 2.09. The van der Waals surface area contributed by atoms with Gasteiger partial charge in [0, 0.05) is 55.4 Å². The normalized spacial score (nSPS) is 12.1. The lowest BCUT2D eigenvalue weighted by molar-refractivity contribution is -0.120. The van der Waals surface area contributed by atoms with Crippen molar-refractivity contribution in [3.8, 4) is 17.3 Å². The van der Waals surface area contributed by atoms with Gasteiger partial charge in [0.1, 0.15) is 5.82 Å². The number of carbonyl (C=O) groups is 2. The van der Waals surface area contributed by atoms with Crippen molar-refractivity contribution in [1.82, 2.24) is 30.8 Å². The highest BCUT2D eigenvalue weighted by Crippen LogP contribution is 2.27. The van der Waals surface area contributed by atoms with E-state index in [9.17, 15) is 14.7 Å². The van der Waals surface area contributed by atoms with E-state index in [2.05, 4.69) is 62.0 Å². The second-order valence-electron chi connectivity index (χ2n) is 13.2. The van der Waals surface area contributed by atoms with Gasteiger partial charge >= 0.3 is 6.03 Å². The number of amides is 3. The molecule has 5 N–H and O–H groups in total. The average Bonchev–Trinajstić information content (AvgIpc) is 3.51. The molecule has 5 aromatic rings. The number of pyridine rings is 1. The number of nitrogens with one attached hydrogen (secondary N) is 4. The zero-order valence-electron chi connectivity index (χ0n) is 31.1. The number of urea groups is 1. The van der Waals surface area contributed by atoms with E-state index in [1.165, 1.54) is 0 Å². The van der Waals surface area contributed by atoms with Crippen molar-refractivity contribution in [3.05, 3.63) is 142 Å².